The third-order valence-corrected chi connectivity index (χ3v) is 13.1. The maximum atomic E-state index is 7.67. The van der Waals surface area contributed by atoms with E-state index in [1.165, 1.54) is 10.4 Å². The average molecular weight is 571 g/mol. The van der Waals surface area contributed by atoms with Crippen LogP contribution in [0.3, 0.4) is 0 Å². The first-order valence-corrected chi connectivity index (χ1v) is 16.5. The molecule has 2 aromatic carbocycles. The molecule has 2 saturated heterocycles. The van der Waals surface area contributed by atoms with Gasteiger partial charge in [-0.1, -0.05) is 81.4 Å². The van der Waals surface area contributed by atoms with Gasteiger partial charge in [-0.05, 0) is 57.0 Å². The van der Waals surface area contributed by atoms with Crippen LogP contribution >= 0.6 is 0 Å². The number of hydrogen-bond donors (Lipinski definition) is 0. The Hall–Kier alpha value is -1.62. The third-order valence-electron chi connectivity index (χ3n) is 8.10. The van der Waals surface area contributed by atoms with Crippen molar-refractivity contribution in [2.24, 2.45) is 0 Å². The quantitative estimate of drug-likeness (QED) is 0.335. The fourth-order valence-corrected chi connectivity index (χ4v) is 11.4. The Balaban J connectivity index is 1.65. The SMILES string of the molecule is CCOC(C)OC1[C@H]2OC(C)(C)O[C@H]2C(O[Si](c2ccccc2)(c2ccccc2)C(C)(C)C)[C@@H]2OC(C)(C)O[C@@H]12. The number of benzene rings is 2. The molecule has 2 aliphatic heterocycles. The van der Waals surface area contributed by atoms with Crippen LogP contribution in [0, 0.1) is 0 Å². The minimum atomic E-state index is -2.95. The first-order chi connectivity index (χ1) is 18.8. The van der Waals surface area contributed by atoms with Crippen molar-refractivity contribution < 1.29 is 32.8 Å². The largest absolute Gasteiger partial charge is 0.399 e. The molecule has 7 atom stereocenters. The number of hydrogen-bond acceptors (Lipinski definition) is 7. The molecule has 1 aliphatic carbocycles. The van der Waals surface area contributed by atoms with Gasteiger partial charge in [0.15, 0.2) is 17.9 Å². The lowest BCUT2D eigenvalue weighted by Gasteiger charge is -2.50. The molecule has 8 heteroatoms. The molecule has 0 spiro atoms. The zero-order valence-electron chi connectivity index (χ0n) is 25.4. The highest BCUT2D eigenvalue weighted by atomic mass is 28.4. The molecule has 3 unspecified atom stereocenters. The van der Waals surface area contributed by atoms with E-state index in [2.05, 4.69) is 81.4 Å². The van der Waals surface area contributed by atoms with Crippen molar-refractivity contribution >= 4 is 18.7 Å². The van der Waals surface area contributed by atoms with Gasteiger partial charge in [-0.25, -0.2) is 0 Å². The predicted octanol–water partition coefficient (Wildman–Crippen LogP) is 4.75. The lowest BCUT2D eigenvalue weighted by molar-refractivity contribution is -0.239. The Labute approximate surface area is 240 Å². The van der Waals surface area contributed by atoms with Crippen LogP contribution in [0.25, 0.3) is 0 Å². The highest BCUT2D eigenvalue weighted by Gasteiger charge is 2.66. The van der Waals surface area contributed by atoms with E-state index >= 15 is 0 Å². The van der Waals surface area contributed by atoms with Gasteiger partial charge in [-0.15, -0.1) is 0 Å². The molecular weight excluding hydrogens is 524 g/mol. The molecule has 3 aliphatic rings. The summed E-state index contributed by atoms with van der Waals surface area (Å²) in [6.07, 6.45) is -3.10. The Kier molecular flexibility index (Phi) is 8.13. The molecule has 0 bridgehead atoms. The summed E-state index contributed by atoms with van der Waals surface area (Å²) in [6.45, 7) is 19.0. The van der Waals surface area contributed by atoms with E-state index in [1.807, 2.05) is 41.5 Å². The standard InChI is InChI=1S/C32H46O7Si/c1-10-33-21(2)34-24-25-27(37-31(6,7)35-25)29(28-26(24)36-32(8,9)38-28)39-40(30(3,4)5,22-17-13-11-14-18-22)23-19-15-12-16-20-23/h11-21,24-29H,10H2,1-9H3/t21?,24?,25-,26+,27-,28-,29?/m1/s1. The summed E-state index contributed by atoms with van der Waals surface area (Å²) in [5.74, 6) is -1.65. The van der Waals surface area contributed by atoms with Gasteiger partial charge in [-0.3, -0.25) is 0 Å². The van der Waals surface area contributed by atoms with E-state index in [1.54, 1.807) is 0 Å². The monoisotopic (exact) mass is 570 g/mol. The molecule has 40 heavy (non-hydrogen) atoms. The Morgan fingerprint density at radius 1 is 0.725 bits per heavy atom. The molecule has 0 radical (unpaired) electrons. The molecule has 3 fully saturated rings. The van der Waals surface area contributed by atoms with Crippen LogP contribution in [-0.4, -0.2) is 69.4 Å². The second kappa shape index (κ2) is 10.9. The summed E-state index contributed by atoms with van der Waals surface area (Å²) in [4.78, 5) is 0. The highest BCUT2D eigenvalue weighted by Crippen LogP contribution is 2.49. The molecule has 0 N–H and O–H groups in total. The molecule has 2 aromatic rings. The third kappa shape index (κ3) is 5.45. The van der Waals surface area contributed by atoms with Crippen LogP contribution in [-0.2, 0) is 32.8 Å². The first-order valence-electron chi connectivity index (χ1n) is 14.6. The lowest BCUT2D eigenvalue weighted by atomic mass is 9.85. The predicted molar refractivity (Wildman–Crippen MR) is 156 cm³/mol. The number of ether oxygens (including phenoxy) is 6. The molecular formula is C32H46O7Si. The Morgan fingerprint density at radius 3 is 1.50 bits per heavy atom. The van der Waals surface area contributed by atoms with E-state index in [4.69, 9.17) is 32.8 Å². The van der Waals surface area contributed by atoms with Gasteiger partial charge in [0.2, 0.25) is 0 Å². The molecule has 0 amide bonds. The topological polar surface area (TPSA) is 64.6 Å². The summed E-state index contributed by atoms with van der Waals surface area (Å²) < 4.78 is 46.4. The molecule has 0 aromatic heterocycles. The Morgan fingerprint density at radius 2 is 1.12 bits per heavy atom. The average Bonchev–Trinajstić information content (AvgIpc) is 3.38. The fourth-order valence-electron chi connectivity index (χ4n) is 6.70. The zero-order chi connectivity index (χ0) is 28.9. The second-order valence-corrected chi connectivity index (χ2v) is 17.3. The van der Waals surface area contributed by atoms with Gasteiger partial charge in [0.1, 0.15) is 36.6 Å². The Bertz CT molecular complexity index is 1060. The van der Waals surface area contributed by atoms with Crippen LogP contribution in [0.5, 0.6) is 0 Å². The molecule has 7 nitrogen and oxygen atoms in total. The molecule has 5 rings (SSSR count). The zero-order valence-corrected chi connectivity index (χ0v) is 26.4. The van der Waals surface area contributed by atoms with Crippen molar-refractivity contribution in [1.29, 1.82) is 0 Å². The van der Waals surface area contributed by atoms with E-state index < -0.39 is 62.8 Å². The van der Waals surface area contributed by atoms with E-state index in [-0.39, 0.29) is 5.04 Å². The number of rotatable bonds is 8. The van der Waals surface area contributed by atoms with Gasteiger partial charge < -0.3 is 32.8 Å². The summed E-state index contributed by atoms with van der Waals surface area (Å²) in [7, 11) is -2.95. The smallest absolute Gasteiger partial charge is 0.261 e. The van der Waals surface area contributed by atoms with Crippen LogP contribution < -0.4 is 10.4 Å². The summed E-state index contributed by atoms with van der Waals surface area (Å²) >= 11 is 0. The van der Waals surface area contributed by atoms with Gasteiger partial charge in [-0.2, -0.15) is 0 Å². The van der Waals surface area contributed by atoms with Crippen molar-refractivity contribution in [2.45, 2.75) is 122 Å². The van der Waals surface area contributed by atoms with Gasteiger partial charge in [0.25, 0.3) is 8.32 Å². The maximum absolute atomic E-state index is 7.67. The van der Waals surface area contributed by atoms with Crippen molar-refractivity contribution in [3.8, 4) is 0 Å². The van der Waals surface area contributed by atoms with Crippen LogP contribution in [0.1, 0.15) is 62.3 Å². The number of fused-ring (bicyclic) bond motifs is 2. The fraction of sp³-hybridized carbons (Fsp3) is 0.625. The highest BCUT2D eigenvalue weighted by molar-refractivity contribution is 6.99. The van der Waals surface area contributed by atoms with E-state index in [0.29, 0.717) is 6.61 Å². The minimum Gasteiger partial charge on any atom is -0.399 e. The van der Waals surface area contributed by atoms with Crippen molar-refractivity contribution in [2.75, 3.05) is 6.61 Å². The minimum absolute atomic E-state index is 0.221. The maximum Gasteiger partial charge on any atom is 0.261 e. The van der Waals surface area contributed by atoms with Crippen molar-refractivity contribution in [3.63, 3.8) is 0 Å². The van der Waals surface area contributed by atoms with Crippen LogP contribution in [0.15, 0.2) is 60.7 Å². The molecule has 1 saturated carbocycles. The second-order valence-electron chi connectivity index (χ2n) is 13.0. The summed E-state index contributed by atoms with van der Waals surface area (Å²) in [5.41, 5.74) is 0. The van der Waals surface area contributed by atoms with Crippen molar-refractivity contribution in [3.05, 3.63) is 60.7 Å². The first kappa shape index (κ1) is 29.9. The van der Waals surface area contributed by atoms with Crippen LogP contribution in [0.2, 0.25) is 5.04 Å². The normalized spacial score (nSPS) is 31.9. The summed E-state index contributed by atoms with van der Waals surface area (Å²) in [5, 5.41) is 2.17. The summed E-state index contributed by atoms with van der Waals surface area (Å²) in [6, 6.07) is 21.3. The van der Waals surface area contributed by atoms with E-state index in [0.717, 1.165) is 0 Å². The molecule has 220 valence electrons. The lowest BCUT2D eigenvalue weighted by Crippen LogP contribution is -2.72. The molecule has 2 heterocycles. The van der Waals surface area contributed by atoms with E-state index in [9.17, 15) is 0 Å². The van der Waals surface area contributed by atoms with Gasteiger partial charge in [0.05, 0.1) is 0 Å². The van der Waals surface area contributed by atoms with Crippen molar-refractivity contribution in [1.82, 2.24) is 0 Å². The van der Waals surface area contributed by atoms with Gasteiger partial charge >= 0.3 is 0 Å². The van der Waals surface area contributed by atoms with Crippen LogP contribution in [0.4, 0.5) is 0 Å². The van der Waals surface area contributed by atoms with Gasteiger partial charge in [0, 0.05) is 6.61 Å².